The molecule has 70 heavy (non-hydrogen) atoms. The topological polar surface area (TPSA) is 207 Å². The zero-order valence-corrected chi connectivity index (χ0v) is 41.4. The summed E-state index contributed by atoms with van der Waals surface area (Å²) in [5.74, 6) is -1.13. The van der Waals surface area contributed by atoms with Gasteiger partial charge in [-0.15, -0.1) is 21.5 Å². The number of unbranched alkanes of at least 4 members (excludes halogenated alkanes) is 5. The molecule has 6 N–H and O–H groups in total. The number of nitrogen functional groups attached to an aromatic ring is 1. The van der Waals surface area contributed by atoms with Crippen molar-refractivity contribution in [2.24, 2.45) is 5.41 Å². The number of hydrogen-bond acceptors (Lipinski definition) is 12. The van der Waals surface area contributed by atoms with Crippen LogP contribution in [0, 0.1) is 18.2 Å². The number of aromatic nitrogens is 3. The van der Waals surface area contributed by atoms with E-state index in [9.17, 15) is 29.4 Å². The van der Waals surface area contributed by atoms with E-state index in [0.717, 1.165) is 53.8 Å². The number of carbonyl (C=O) groups is 4. The molecule has 17 heteroatoms. The van der Waals surface area contributed by atoms with Crippen molar-refractivity contribution >= 4 is 40.8 Å². The van der Waals surface area contributed by atoms with Gasteiger partial charge in [0, 0.05) is 87.3 Å². The lowest BCUT2D eigenvalue weighted by molar-refractivity contribution is -0.144. The number of β-amino-alcohol motifs (C(OH)–C–C–N with tert-alkyl or cyclic N) is 1. The van der Waals surface area contributed by atoms with Gasteiger partial charge < -0.3 is 36.4 Å². The van der Waals surface area contributed by atoms with E-state index in [-0.39, 0.29) is 61.1 Å². The van der Waals surface area contributed by atoms with Crippen LogP contribution in [-0.4, -0.2) is 115 Å². The van der Waals surface area contributed by atoms with Crippen LogP contribution in [0.3, 0.4) is 0 Å². The van der Waals surface area contributed by atoms with E-state index in [1.54, 1.807) is 59.9 Å². The number of thiazole rings is 1. The summed E-state index contributed by atoms with van der Waals surface area (Å²) in [6.45, 7) is 10.6. The van der Waals surface area contributed by atoms with Crippen molar-refractivity contribution in [2.75, 3.05) is 38.5 Å². The fraction of sp³-hybridized carbons (Fsp3) is 0.453. The Morgan fingerprint density at radius 3 is 2.24 bits per heavy atom. The number of hydrogen-bond donors (Lipinski definition) is 5. The van der Waals surface area contributed by atoms with Crippen LogP contribution in [0.4, 0.5) is 10.2 Å². The Hall–Kier alpha value is -6.30. The fourth-order valence-corrected chi connectivity index (χ4v) is 10.00. The van der Waals surface area contributed by atoms with Crippen molar-refractivity contribution < 1.29 is 33.8 Å². The standard InChI is InChI=1S/C53H66FN9O6S/c1-34-48(70-33-57-34)36-22-20-35(21-23-36)30-56-51(68)43-28-38(64)32-63(43)52(69)49(53(2,3)4)58-45(66)18-9-7-5-6-8-10-19-46(67)62-26-24-61(25-27-62)31-37-14-13-16-39(47(37)54)41-29-42(59-60-50(41)55)40-15-11-12-17-44(40)65/h11-17,20-23,29,33,38,43,49,64-65H,5-10,18-19,24-28,30-32H2,1-4H3,(H2,55,60)(H,56,68)(H,58,66)/t38-,43+,49?/m1/s1. The van der Waals surface area contributed by atoms with E-state index >= 15 is 4.39 Å². The minimum absolute atomic E-state index is 0.0122. The maximum Gasteiger partial charge on any atom is 0.246 e. The number of halogens is 1. The molecule has 3 atom stereocenters. The average molecular weight is 976 g/mol. The lowest BCUT2D eigenvalue weighted by Gasteiger charge is -2.35. The van der Waals surface area contributed by atoms with Crippen molar-refractivity contribution in [1.29, 1.82) is 0 Å². The number of carbonyl (C=O) groups excluding carboxylic acids is 4. The minimum Gasteiger partial charge on any atom is -0.507 e. The van der Waals surface area contributed by atoms with Crippen LogP contribution in [0.25, 0.3) is 32.8 Å². The van der Waals surface area contributed by atoms with Gasteiger partial charge in [-0.2, -0.15) is 0 Å². The van der Waals surface area contributed by atoms with Crippen molar-refractivity contribution in [3.05, 3.63) is 101 Å². The Labute approximate surface area is 413 Å². The molecule has 15 nitrogen and oxygen atoms in total. The van der Waals surface area contributed by atoms with Gasteiger partial charge in [0.25, 0.3) is 0 Å². The number of aryl methyl sites for hydroxylation is 1. The number of piperazine rings is 1. The second kappa shape index (κ2) is 23.5. The number of aromatic hydroxyl groups is 1. The number of aliphatic hydroxyl groups is 1. The molecule has 2 fully saturated rings. The summed E-state index contributed by atoms with van der Waals surface area (Å²) in [6.07, 6.45) is 5.00. The molecule has 0 spiro atoms. The number of phenolic OH excluding ortho intramolecular Hbond substituents is 1. The van der Waals surface area contributed by atoms with Gasteiger partial charge in [-0.1, -0.05) is 101 Å². The molecule has 0 radical (unpaired) electrons. The van der Waals surface area contributed by atoms with E-state index in [1.165, 1.54) is 4.90 Å². The zero-order chi connectivity index (χ0) is 50.0. The maximum atomic E-state index is 16.0. The van der Waals surface area contributed by atoms with Gasteiger partial charge in [0.1, 0.15) is 23.7 Å². The molecule has 2 aliphatic rings. The highest BCUT2D eigenvalue weighted by Gasteiger charge is 2.44. The molecule has 0 bridgehead atoms. The van der Waals surface area contributed by atoms with E-state index in [2.05, 4.69) is 30.7 Å². The number of amides is 4. The minimum atomic E-state index is -0.881. The predicted octanol–water partition coefficient (Wildman–Crippen LogP) is 7.24. The van der Waals surface area contributed by atoms with Gasteiger partial charge in [-0.3, -0.25) is 24.1 Å². The number of nitrogens with zero attached hydrogens (tertiary/aromatic N) is 6. The number of para-hydroxylation sites is 1. The largest absolute Gasteiger partial charge is 0.507 e. The van der Waals surface area contributed by atoms with Crippen molar-refractivity contribution in [3.8, 4) is 38.6 Å². The third kappa shape index (κ3) is 13.1. The van der Waals surface area contributed by atoms with Crippen molar-refractivity contribution in [3.63, 3.8) is 0 Å². The molecule has 1 unspecified atom stereocenters. The lowest BCUT2D eigenvalue weighted by Crippen LogP contribution is -2.57. The Morgan fingerprint density at radius 2 is 1.56 bits per heavy atom. The van der Waals surface area contributed by atoms with Gasteiger partial charge in [-0.25, -0.2) is 9.37 Å². The number of aliphatic hydroxyl groups excluding tert-OH is 1. The first-order chi connectivity index (χ1) is 33.6. The Balaban J connectivity index is 0.783. The van der Waals surface area contributed by atoms with Crippen LogP contribution in [0.15, 0.2) is 78.3 Å². The number of nitrogens with two attached hydrogens (primary N) is 1. The van der Waals surface area contributed by atoms with Crippen LogP contribution < -0.4 is 16.4 Å². The second-order valence-electron chi connectivity index (χ2n) is 19.5. The SMILES string of the molecule is Cc1ncsc1-c1ccc(CNC(=O)[C@@H]2C[C@@H](O)CN2C(=O)C(NC(=O)CCCCCCCCC(=O)N2CCN(Cc3cccc(-c4cc(-c5ccccc5O)nnc4N)c3F)CC2)C(C)(C)C)cc1. The Morgan fingerprint density at radius 1 is 0.871 bits per heavy atom. The first-order valence-electron chi connectivity index (χ1n) is 24.3. The number of anilines is 1. The van der Waals surface area contributed by atoms with Crippen molar-refractivity contribution in [1.82, 2.24) is 40.5 Å². The van der Waals surface area contributed by atoms with E-state index in [1.807, 2.05) is 62.4 Å². The number of likely N-dealkylation sites (tertiary alicyclic amines) is 1. The molecule has 5 aromatic rings. The molecule has 2 saturated heterocycles. The highest BCUT2D eigenvalue weighted by molar-refractivity contribution is 7.13. The summed E-state index contributed by atoms with van der Waals surface area (Å²) in [6, 6.07) is 19.7. The third-order valence-corrected chi connectivity index (χ3v) is 14.2. The summed E-state index contributed by atoms with van der Waals surface area (Å²) in [5, 5.41) is 35.0. The quantitative estimate of drug-likeness (QED) is 0.0521. The molecule has 2 aliphatic heterocycles. The number of phenols is 1. The van der Waals surface area contributed by atoms with Gasteiger partial charge in [0.2, 0.25) is 23.6 Å². The number of nitrogens with one attached hydrogen (secondary N) is 2. The maximum absolute atomic E-state index is 16.0. The lowest BCUT2D eigenvalue weighted by atomic mass is 9.85. The molecule has 4 heterocycles. The monoisotopic (exact) mass is 975 g/mol. The normalized spacial score (nSPS) is 16.8. The van der Waals surface area contributed by atoms with Crippen LogP contribution in [0.2, 0.25) is 0 Å². The van der Waals surface area contributed by atoms with Crippen LogP contribution in [-0.2, 0) is 32.3 Å². The third-order valence-electron chi connectivity index (χ3n) is 13.2. The fourth-order valence-electron chi connectivity index (χ4n) is 9.19. The molecular weight excluding hydrogens is 910 g/mol. The molecule has 372 valence electrons. The van der Waals surface area contributed by atoms with Gasteiger partial charge in [-0.05, 0) is 54.5 Å². The van der Waals surface area contributed by atoms with Gasteiger partial charge in [0.05, 0.1) is 27.9 Å². The first kappa shape index (κ1) is 51.5. The number of rotatable bonds is 19. The summed E-state index contributed by atoms with van der Waals surface area (Å²) >= 11 is 1.58. The summed E-state index contributed by atoms with van der Waals surface area (Å²) in [5.41, 5.74) is 12.3. The Kier molecular flexibility index (Phi) is 17.3. The number of benzene rings is 3. The zero-order valence-electron chi connectivity index (χ0n) is 40.6. The Bertz CT molecular complexity index is 2610. The van der Waals surface area contributed by atoms with Crippen molar-refractivity contribution in [2.45, 2.75) is 117 Å². The summed E-state index contributed by atoms with van der Waals surface area (Å²) in [4.78, 5) is 64.7. The van der Waals surface area contributed by atoms with Crippen LogP contribution in [0.1, 0.15) is 95.4 Å². The molecular formula is C53H66FN9O6S. The molecule has 7 rings (SSSR count). The predicted molar refractivity (Wildman–Crippen MR) is 269 cm³/mol. The first-order valence-corrected chi connectivity index (χ1v) is 25.2. The highest BCUT2D eigenvalue weighted by atomic mass is 32.1. The molecule has 0 aliphatic carbocycles. The van der Waals surface area contributed by atoms with Gasteiger partial charge >= 0.3 is 0 Å². The summed E-state index contributed by atoms with van der Waals surface area (Å²) in [7, 11) is 0. The highest BCUT2D eigenvalue weighted by Crippen LogP contribution is 2.35. The molecule has 0 saturated carbocycles. The average Bonchev–Trinajstić information content (AvgIpc) is 3.96. The molecule has 4 amide bonds. The van der Waals surface area contributed by atoms with Gasteiger partial charge in [0.15, 0.2) is 5.82 Å². The smallest absolute Gasteiger partial charge is 0.246 e. The summed E-state index contributed by atoms with van der Waals surface area (Å²) < 4.78 is 16.0. The van der Waals surface area contributed by atoms with E-state index in [4.69, 9.17) is 5.73 Å². The molecule has 3 aromatic carbocycles. The van der Waals surface area contributed by atoms with E-state index in [0.29, 0.717) is 73.5 Å². The van der Waals surface area contributed by atoms with E-state index < -0.39 is 29.4 Å². The van der Waals surface area contributed by atoms with Crippen LogP contribution in [0.5, 0.6) is 5.75 Å². The second-order valence-corrected chi connectivity index (χ2v) is 20.4. The molecule has 2 aromatic heterocycles. The van der Waals surface area contributed by atoms with Crippen LogP contribution >= 0.6 is 11.3 Å².